The molecule has 0 saturated carbocycles. The lowest BCUT2D eigenvalue weighted by Crippen LogP contribution is -1.99. The fraction of sp³-hybridized carbons (Fsp3) is 0.143. The van der Waals surface area contributed by atoms with Crippen LogP contribution < -0.4 is 20.5 Å². The largest absolute Gasteiger partial charge is 0.497 e. The van der Waals surface area contributed by atoms with Crippen molar-refractivity contribution in [3.63, 3.8) is 0 Å². The predicted molar refractivity (Wildman–Crippen MR) is 78.7 cm³/mol. The maximum Gasteiger partial charge on any atom is 0.143 e. The Hall–Kier alpha value is -2.07. The van der Waals surface area contributed by atoms with E-state index in [2.05, 4.69) is 5.32 Å². The number of rotatable bonds is 4. The quantitative estimate of drug-likeness (QED) is 0.838. The van der Waals surface area contributed by atoms with Crippen LogP contribution in [0.4, 0.5) is 17.1 Å². The number of nitrogens with one attached hydrogen (secondary N) is 1. The summed E-state index contributed by atoms with van der Waals surface area (Å²) in [6, 6.07) is 10.9. The van der Waals surface area contributed by atoms with Crippen LogP contribution in [0.2, 0.25) is 5.02 Å². The predicted octanol–water partition coefficient (Wildman–Crippen LogP) is 3.68. The molecule has 2 aromatic rings. The number of nitrogen functional groups attached to an aromatic ring is 1. The average molecular weight is 279 g/mol. The molecule has 0 amide bonds. The first kappa shape index (κ1) is 13.4. The summed E-state index contributed by atoms with van der Waals surface area (Å²) in [6.45, 7) is 0. The van der Waals surface area contributed by atoms with Gasteiger partial charge in [-0.25, -0.2) is 0 Å². The molecule has 0 fully saturated rings. The molecule has 0 unspecified atom stereocenters. The third kappa shape index (κ3) is 2.85. The lowest BCUT2D eigenvalue weighted by molar-refractivity contribution is 0.415. The second-order valence-electron chi connectivity index (χ2n) is 3.89. The lowest BCUT2D eigenvalue weighted by Gasteiger charge is -2.14. The molecule has 2 aromatic carbocycles. The SMILES string of the molecule is COc1ccc(Cl)c(Nc2cccc(OC)c2N)c1. The Morgan fingerprint density at radius 1 is 1.05 bits per heavy atom. The molecule has 0 aliphatic rings. The van der Waals surface area contributed by atoms with Crippen molar-refractivity contribution in [3.05, 3.63) is 41.4 Å². The number of hydrogen-bond donors (Lipinski definition) is 2. The van der Waals surface area contributed by atoms with Gasteiger partial charge in [0.05, 0.1) is 36.3 Å². The Kier molecular flexibility index (Phi) is 4.02. The Labute approximate surface area is 117 Å². The highest BCUT2D eigenvalue weighted by Gasteiger charge is 2.08. The number of benzene rings is 2. The average Bonchev–Trinajstić information content (AvgIpc) is 2.43. The van der Waals surface area contributed by atoms with Crippen LogP contribution in [-0.2, 0) is 0 Å². The van der Waals surface area contributed by atoms with Gasteiger partial charge in [-0.15, -0.1) is 0 Å². The molecule has 0 aliphatic carbocycles. The van der Waals surface area contributed by atoms with Gasteiger partial charge in [-0.05, 0) is 24.3 Å². The number of nitrogens with two attached hydrogens (primary N) is 1. The van der Waals surface area contributed by atoms with Gasteiger partial charge in [-0.2, -0.15) is 0 Å². The van der Waals surface area contributed by atoms with Crippen LogP contribution in [0.5, 0.6) is 11.5 Å². The van der Waals surface area contributed by atoms with Crippen LogP contribution in [0, 0.1) is 0 Å². The van der Waals surface area contributed by atoms with E-state index >= 15 is 0 Å². The highest BCUT2D eigenvalue weighted by molar-refractivity contribution is 6.33. The highest BCUT2D eigenvalue weighted by Crippen LogP contribution is 2.34. The van der Waals surface area contributed by atoms with Crippen molar-refractivity contribution in [2.75, 3.05) is 25.3 Å². The van der Waals surface area contributed by atoms with E-state index in [9.17, 15) is 0 Å². The third-order valence-electron chi connectivity index (χ3n) is 2.73. The van der Waals surface area contributed by atoms with Gasteiger partial charge >= 0.3 is 0 Å². The van der Waals surface area contributed by atoms with E-state index in [0.717, 1.165) is 11.4 Å². The monoisotopic (exact) mass is 278 g/mol. The Morgan fingerprint density at radius 2 is 1.84 bits per heavy atom. The van der Waals surface area contributed by atoms with Crippen molar-refractivity contribution in [2.24, 2.45) is 0 Å². The van der Waals surface area contributed by atoms with E-state index in [4.69, 9.17) is 26.8 Å². The summed E-state index contributed by atoms with van der Waals surface area (Å²) in [5.74, 6) is 1.33. The van der Waals surface area contributed by atoms with Gasteiger partial charge in [0.15, 0.2) is 0 Å². The molecule has 0 saturated heterocycles. The molecule has 0 bridgehead atoms. The molecular formula is C14H15ClN2O2. The summed E-state index contributed by atoms with van der Waals surface area (Å²) >= 11 is 6.14. The van der Waals surface area contributed by atoms with Crippen LogP contribution >= 0.6 is 11.6 Å². The maximum absolute atomic E-state index is 6.14. The second kappa shape index (κ2) is 5.71. The van der Waals surface area contributed by atoms with Gasteiger partial charge in [0, 0.05) is 6.07 Å². The molecule has 100 valence electrons. The Morgan fingerprint density at radius 3 is 2.53 bits per heavy atom. The standard InChI is InChI=1S/C14H15ClN2O2/c1-18-9-6-7-10(15)12(8-9)17-11-4-3-5-13(19-2)14(11)16/h3-8,17H,16H2,1-2H3. The smallest absolute Gasteiger partial charge is 0.143 e. The first-order valence-electron chi connectivity index (χ1n) is 5.68. The molecule has 0 radical (unpaired) electrons. The number of halogens is 1. The molecule has 0 aromatic heterocycles. The molecule has 0 spiro atoms. The van der Waals surface area contributed by atoms with Gasteiger partial charge in [0.1, 0.15) is 11.5 Å². The molecular weight excluding hydrogens is 264 g/mol. The van der Waals surface area contributed by atoms with E-state index in [-0.39, 0.29) is 0 Å². The number of ether oxygens (including phenoxy) is 2. The molecule has 0 heterocycles. The molecule has 3 N–H and O–H groups in total. The van der Waals surface area contributed by atoms with Gasteiger partial charge in [0.25, 0.3) is 0 Å². The van der Waals surface area contributed by atoms with Crippen molar-refractivity contribution in [1.29, 1.82) is 0 Å². The van der Waals surface area contributed by atoms with Crippen LogP contribution in [0.15, 0.2) is 36.4 Å². The number of para-hydroxylation sites is 1. The Bertz CT molecular complexity index is 588. The zero-order valence-corrected chi connectivity index (χ0v) is 11.5. The first-order valence-corrected chi connectivity index (χ1v) is 6.06. The summed E-state index contributed by atoms with van der Waals surface area (Å²) < 4.78 is 10.3. The molecule has 5 heteroatoms. The van der Waals surface area contributed by atoms with Crippen LogP contribution in [0.3, 0.4) is 0 Å². The minimum absolute atomic E-state index is 0.531. The van der Waals surface area contributed by atoms with Crippen molar-refractivity contribution in [1.82, 2.24) is 0 Å². The normalized spacial score (nSPS) is 10.1. The molecule has 4 nitrogen and oxygen atoms in total. The summed E-state index contributed by atoms with van der Waals surface area (Å²) in [6.07, 6.45) is 0. The van der Waals surface area contributed by atoms with Crippen LogP contribution in [0.25, 0.3) is 0 Å². The van der Waals surface area contributed by atoms with Crippen molar-refractivity contribution in [3.8, 4) is 11.5 Å². The zero-order chi connectivity index (χ0) is 13.8. The van der Waals surface area contributed by atoms with Gasteiger partial charge in [-0.1, -0.05) is 17.7 Å². The van der Waals surface area contributed by atoms with E-state index in [0.29, 0.717) is 22.2 Å². The lowest BCUT2D eigenvalue weighted by atomic mass is 10.2. The summed E-state index contributed by atoms with van der Waals surface area (Å²) in [5.41, 5.74) is 7.99. The first-order chi connectivity index (χ1) is 9.15. The minimum atomic E-state index is 0.531. The topological polar surface area (TPSA) is 56.5 Å². The van der Waals surface area contributed by atoms with Crippen molar-refractivity contribution in [2.45, 2.75) is 0 Å². The van der Waals surface area contributed by atoms with Crippen LogP contribution in [-0.4, -0.2) is 14.2 Å². The molecule has 19 heavy (non-hydrogen) atoms. The van der Waals surface area contributed by atoms with Gasteiger partial charge in [-0.3, -0.25) is 0 Å². The summed E-state index contributed by atoms with van der Waals surface area (Å²) in [4.78, 5) is 0. The maximum atomic E-state index is 6.14. The third-order valence-corrected chi connectivity index (χ3v) is 3.06. The molecule has 0 atom stereocenters. The summed E-state index contributed by atoms with van der Waals surface area (Å²) in [7, 11) is 3.18. The number of hydrogen-bond acceptors (Lipinski definition) is 4. The number of anilines is 3. The molecule has 2 rings (SSSR count). The minimum Gasteiger partial charge on any atom is -0.497 e. The van der Waals surface area contributed by atoms with E-state index in [1.165, 1.54) is 0 Å². The van der Waals surface area contributed by atoms with E-state index in [1.54, 1.807) is 38.5 Å². The van der Waals surface area contributed by atoms with E-state index < -0.39 is 0 Å². The fourth-order valence-electron chi connectivity index (χ4n) is 1.70. The zero-order valence-electron chi connectivity index (χ0n) is 10.7. The number of methoxy groups -OCH3 is 2. The second-order valence-corrected chi connectivity index (χ2v) is 4.30. The van der Waals surface area contributed by atoms with Gasteiger partial charge < -0.3 is 20.5 Å². The fourth-order valence-corrected chi connectivity index (χ4v) is 1.87. The summed E-state index contributed by atoms with van der Waals surface area (Å²) in [5, 5.41) is 3.76. The van der Waals surface area contributed by atoms with E-state index in [1.807, 2.05) is 12.1 Å². The Balaban J connectivity index is 2.36. The van der Waals surface area contributed by atoms with Crippen molar-refractivity contribution < 1.29 is 9.47 Å². The van der Waals surface area contributed by atoms with Gasteiger partial charge in [0.2, 0.25) is 0 Å². The highest BCUT2D eigenvalue weighted by atomic mass is 35.5. The molecule has 0 aliphatic heterocycles. The van der Waals surface area contributed by atoms with Crippen LogP contribution in [0.1, 0.15) is 0 Å². The van der Waals surface area contributed by atoms with Crippen molar-refractivity contribution >= 4 is 28.7 Å².